The summed E-state index contributed by atoms with van der Waals surface area (Å²) in [5.74, 6) is 0. The van der Waals surface area contributed by atoms with Gasteiger partial charge in [-0.25, -0.2) is 10.0 Å². The van der Waals surface area contributed by atoms with Crippen molar-refractivity contribution in [2.45, 2.75) is 103 Å². The van der Waals surface area contributed by atoms with Gasteiger partial charge < -0.3 is 0 Å². The number of piperidine rings is 2. The van der Waals surface area contributed by atoms with Crippen LogP contribution in [0, 0.1) is 0 Å². The number of benzene rings is 1. The summed E-state index contributed by atoms with van der Waals surface area (Å²) >= 11 is 0. The summed E-state index contributed by atoms with van der Waals surface area (Å²) in [5, 5.41) is 4.91. The van der Waals surface area contributed by atoms with E-state index in [9.17, 15) is 0 Å². The van der Waals surface area contributed by atoms with Gasteiger partial charge in [-0.05, 0) is 64.5 Å². The van der Waals surface area contributed by atoms with Gasteiger partial charge in [-0.15, -0.1) is 0 Å². The molecule has 2 heterocycles. The molecule has 0 saturated carbocycles. The summed E-state index contributed by atoms with van der Waals surface area (Å²) in [5.41, 5.74) is 10.0. The van der Waals surface area contributed by atoms with E-state index in [0.29, 0.717) is 24.2 Å². The lowest BCUT2D eigenvalue weighted by molar-refractivity contribution is 0.0431. The third kappa shape index (κ3) is 5.07. The van der Waals surface area contributed by atoms with Crippen molar-refractivity contribution in [1.82, 2.24) is 20.9 Å². The monoisotopic (exact) mass is 358 g/mol. The lowest BCUT2D eigenvalue weighted by atomic mass is 10.00. The molecule has 4 unspecified atom stereocenters. The minimum absolute atomic E-state index is 0.635. The summed E-state index contributed by atoms with van der Waals surface area (Å²) in [7, 11) is 0. The van der Waals surface area contributed by atoms with E-state index in [1.807, 2.05) is 0 Å². The van der Waals surface area contributed by atoms with E-state index >= 15 is 0 Å². The van der Waals surface area contributed by atoms with Gasteiger partial charge in [0, 0.05) is 37.3 Å². The molecule has 1 aromatic carbocycles. The van der Waals surface area contributed by atoms with Gasteiger partial charge in [0.05, 0.1) is 0 Å². The maximum absolute atomic E-state index is 3.66. The lowest BCUT2D eigenvalue weighted by Crippen LogP contribution is -2.51. The van der Waals surface area contributed by atoms with Crippen LogP contribution in [0.2, 0.25) is 0 Å². The topological polar surface area (TPSA) is 30.5 Å². The predicted molar refractivity (Wildman–Crippen MR) is 109 cm³/mol. The Balaban J connectivity index is 1.47. The van der Waals surface area contributed by atoms with Gasteiger partial charge in [-0.1, -0.05) is 37.1 Å². The molecule has 2 fully saturated rings. The summed E-state index contributed by atoms with van der Waals surface area (Å²) < 4.78 is 0. The molecule has 2 aliphatic heterocycles. The molecular weight excluding hydrogens is 320 g/mol. The first-order valence-electron chi connectivity index (χ1n) is 10.7. The van der Waals surface area contributed by atoms with Crippen LogP contribution in [0.25, 0.3) is 0 Å². The number of hydrazine groups is 2. The Hall–Kier alpha value is -0.940. The smallest absolute Gasteiger partial charge is 0.0353 e. The first kappa shape index (κ1) is 19.8. The minimum atomic E-state index is 0.635. The number of hydrogen-bond donors (Lipinski definition) is 2. The maximum Gasteiger partial charge on any atom is 0.0353 e. The van der Waals surface area contributed by atoms with Crippen molar-refractivity contribution in [1.29, 1.82) is 0 Å². The van der Waals surface area contributed by atoms with Crippen LogP contribution in [-0.2, 0) is 13.1 Å². The average Bonchev–Trinajstić information content (AvgIpc) is 2.62. The Morgan fingerprint density at radius 2 is 0.962 bits per heavy atom. The predicted octanol–water partition coefficient (Wildman–Crippen LogP) is 4.22. The molecule has 2 N–H and O–H groups in total. The van der Waals surface area contributed by atoms with Crippen LogP contribution >= 0.6 is 0 Å². The third-order valence-electron chi connectivity index (χ3n) is 6.34. The van der Waals surface area contributed by atoms with E-state index in [1.165, 1.54) is 49.7 Å². The average molecular weight is 359 g/mol. The van der Waals surface area contributed by atoms with Gasteiger partial charge in [0.15, 0.2) is 0 Å². The molecule has 3 rings (SSSR count). The van der Waals surface area contributed by atoms with E-state index in [4.69, 9.17) is 0 Å². The summed E-state index contributed by atoms with van der Waals surface area (Å²) in [6.45, 7) is 11.2. The highest BCUT2D eigenvalue weighted by Gasteiger charge is 2.25. The SMILES string of the molecule is CC1CCCC(C)N1NCc1ccc(CNN2C(C)CCCC2C)cc1. The molecule has 2 saturated heterocycles. The molecule has 4 heteroatoms. The second-order valence-corrected chi connectivity index (χ2v) is 8.56. The van der Waals surface area contributed by atoms with Gasteiger partial charge in [0.2, 0.25) is 0 Å². The molecule has 0 radical (unpaired) electrons. The fourth-order valence-electron chi connectivity index (χ4n) is 4.61. The molecule has 0 bridgehead atoms. The van der Waals surface area contributed by atoms with Crippen LogP contribution in [0.1, 0.15) is 77.3 Å². The van der Waals surface area contributed by atoms with Crippen molar-refractivity contribution in [2.75, 3.05) is 0 Å². The third-order valence-corrected chi connectivity index (χ3v) is 6.34. The van der Waals surface area contributed by atoms with Crippen molar-refractivity contribution in [2.24, 2.45) is 0 Å². The van der Waals surface area contributed by atoms with E-state index in [1.54, 1.807) is 0 Å². The number of nitrogens with zero attached hydrogens (tertiary/aromatic N) is 2. The molecule has 0 aromatic heterocycles. The molecule has 4 atom stereocenters. The Bertz CT molecular complexity index is 475. The largest absolute Gasteiger partial charge is 0.250 e. The van der Waals surface area contributed by atoms with E-state index in [0.717, 1.165) is 13.1 Å². The lowest BCUT2D eigenvalue weighted by Gasteiger charge is -2.39. The molecule has 2 aliphatic rings. The molecule has 26 heavy (non-hydrogen) atoms. The zero-order valence-electron chi connectivity index (χ0n) is 17.2. The minimum Gasteiger partial charge on any atom is -0.250 e. The van der Waals surface area contributed by atoms with Crippen LogP contribution in [-0.4, -0.2) is 34.2 Å². The van der Waals surface area contributed by atoms with E-state index in [-0.39, 0.29) is 0 Å². The Kier molecular flexibility index (Phi) is 7.10. The van der Waals surface area contributed by atoms with Crippen LogP contribution in [0.15, 0.2) is 24.3 Å². The molecule has 4 nitrogen and oxygen atoms in total. The van der Waals surface area contributed by atoms with Gasteiger partial charge in [-0.2, -0.15) is 0 Å². The van der Waals surface area contributed by atoms with Crippen molar-refractivity contribution >= 4 is 0 Å². The fraction of sp³-hybridized carbons (Fsp3) is 0.727. The second-order valence-electron chi connectivity index (χ2n) is 8.56. The Morgan fingerprint density at radius 3 is 1.27 bits per heavy atom. The Labute approximate surface area is 160 Å². The number of rotatable bonds is 6. The summed E-state index contributed by atoms with van der Waals surface area (Å²) in [6, 6.07) is 11.6. The molecule has 0 amide bonds. The molecule has 146 valence electrons. The first-order chi connectivity index (χ1) is 12.5. The zero-order valence-corrected chi connectivity index (χ0v) is 17.2. The molecule has 0 spiro atoms. The fourth-order valence-corrected chi connectivity index (χ4v) is 4.61. The van der Waals surface area contributed by atoms with Crippen molar-refractivity contribution in [3.63, 3.8) is 0 Å². The molecular formula is C22H38N4. The molecule has 0 aliphatic carbocycles. The quantitative estimate of drug-likeness (QED) is 0.797. The van der Waals surface area contributed by atoms with Crippen molar-refractivity contribution in [3.05, 3.63) is 35.4 Å². The van der Waals surface area contributed by atoms with Gasteiger partial charge in [0.1, 0.15) is 0 Å². The standard InChI is InChI=1S/C22H38N4/c1-17-7-5-8-18(2)25(17)23-15-21-11-13-22(14-12-21)16-24-26-19(3)9-6-10-20(26)4/h11-14,17-20,23-24H,5-10,15-16H2,1-4H3. The molecule has 1 aromatic rings. The zero-order chi connectivity index (χ0) is 18.5. The normalized spacial score (nSPS) is 31.2. The van der Waals surface area contributed by atoms with Crippen molar-refractivity contribution < 1.29 is 0 Å². The van der Waals surface area contributed by atoms with Gasteiger partial charge >= 0.3 is 0 Å². The van der Waals surface area contributed by atoms with E-state index in [2.05, 4.69) is 72.8 Å². The first-order valence-corrected chi connectivity index (χ1v) is 10.7. The summed E-state index contributed by atoms with van der Waals surface area (Å²) in [4.78, 5) is 0. The summed E-state index contributed by atoms with van der Waals surface area (Å²) in [6.07, 6.45) is 7.92. The second kappa shape index (κ2) is 9.32. The number of hydrogen-bond acceptors (Lipinski definition) is 4. The van der Waals surface area contributed by atoms with Crippen LogP contribution in [0.4, 0.5) is 0 Å². The highest BCUT2D eigenvalue weighted by atomic mass is 15.5. The highest BCUT2D eigenvalue weighted by Crippen LogP contribution is 2.21. The number of nitrogens with one attached hydrogen (secondary N) is 2. The van der Waals surface area contributed by atoms with Crippen LogP contribution < -0.4 is 10.9 Å². The maximum atomic E-state index is 3.66. The van der Waals surface area contributed by atoms with Crippen LogP contribution in [0.5, 0.6) is 0 Å². The van der Waals surface area contributed by atoms with Gasteiger partial charge in [-0.3, -0.25) is 10.9 Å². The highest BCUT2D eigenvalue weighted by molar-refractivity contribution is 5.22. The van der Waals surface area contributed by atoms with Crippen LogP contribution in [0.3, 0.4) is 0 Å². The Morgan fingerprint density at radius 1 is 0.654 bits per heavy atom. The van der Waals surface area contributed by atoms with Gasteiger partial charge in [0.25, 0.3) is 0 Å². The van der Waals surface area contributed by atoms with E-state index < -0.39 is 0 Å². The van der Waals surface area contributed by atoms with Crippen molar-refractivity contribution in [3.8, 4) is 0 Å².